The predicted molar refractivity (Wildman–Crippen MR) is 112 cm³/mol. The number of rotatable bonds is 7. The van der Waals surface area contributed by atoms with Crippen LogP contribution in [0.5, 0.6) is 0 Å². The molecule has 0 aliphatic rings. The zero-order chi connectivity index (χ0) is 22.0. The lowest BCUT2D eigenvalue weighted by Gasteiger charge is -2.12. The van der Waals surface area contributed by atoms with Crippen molar-refractivity contribution in [1.82, 2.24) is 4.57 Å². The maximum atomic E-state index is 12.8. The van der Waals surface area contributed by atoms with E-state index in [-0.39, 0.29) is 11.1 Å². The highest BCUT2D eigenvalue weighted by Crippen LogP contribution is 2.34. The van der Waals surface area contributed by atoms with E-state index in [9.17, 15) is 19.5 Å². The van der Waals surface area contributed by atoms with E-state index in [1.54, 1.807) is 24.3 Å². The number of esters is 1. The van der Waals surface area contributed by atoms with Gasteiger partial charge in [-0.05, 0) is 30.2 Å². The third-order valence-electron chi connectivity index (χ3n) is 4.96. The van der Waals surface area contributed by atoms with Gasteiger partial charge in [0.1, 0.15) is 0 Å². The van der Waals surface area contributed by atoms with Crippen LogP contribution in [0.1, 0.15) is 40.2 Å². The molecule has 0 spiro atoms. The molecule has 0 fully saturated rings. The molecule has 1 aromatic heterocycles. The number of hydrogen-bond acceptors (Lipinski definition) is 5. The molecule has 1 unspecified atom stereocenters. The SMILES string of the molecule is CCc1c(C(=O)C(N)=O)c2c(C(O)C(=O)OC)cccc2n1Cc1cccc(Cl)c1. The monoisotopic (exact) mass is 428 g/mol. The first-order valence-corrected chi connectivity index (χ1v) is 9.66. The van der Waals surface area contributed by atoms with E-state index in [2.05, 4.69) is 4.74 Å². The standard InChI is InChI=1S/C22H21ClN2O5/c1-3-15-18(20(27)21(24)28)17-14(19(26)22(29)30-2)8-5-9-16(17)25(15)11-12-6-4-7-13(23)10-12/h4-10,19,26H,3,11H2,1-2H3,(H2,24,28). The van der Waals surface area contributed by atoms with Crippen molar-refractivity contribution in [1.29, 1.82) is 0 Å². The molecule has 3 aromatic rings. The zero-order valence-corrected chi connectivity index (χ0v) is 17.3. The van der Waals surface area contributed by atoms with Crippen LogP contribution < -0.4 is 5.73 Å². The van der Waals surface area contributed by atoms with E-state index in [0.29, 0.717) is 34.6 Å². The summed E-state index contributed by atoms with van der Waals surface area (Å²) < 4.78 is 6.51. The molecule has 156 valence electrons. The maximum absolute atomic E-state index is 12.8. The Morgan fingerprint density at radius 3 is 2.50 bits per heavy atom. The van der Waals surface area contributed by atoms with E-state index in [4.69, 9.17) is 17.3 Å². The van der Waals surface area contributed by atoms with E-state index in [0.717, 1.165) is 12.7 Å². The van der Waals surface area contributed by atoms with Gasteiger partial charge in [-0.15, -0.1) is 0 Å². The van der Waals surface area contributed by atoms with E-state index >= 15 is 0 Å². The lowest BCUT2D eigenvalue weighted by molar-refractivity contribution is -0.150. The van der Waals surface area contributed by atoms with E-state index in [1.807, 2.05) is 23.6 Å². The summed E-state index contributed by atoms with van der Waals surface area (Å²) in [5, 5.41) is 11.4. The molecule has 2 aromatic carbocycles. The first-order chi connectivity index (χ1) is 14.3. The normalized spacial score (nSPS) is 12.0. The first-order valence-electron chi connectivity index (χ1n) is 9.28. The highest BCUT2D eigenvalue weighted by Gasteiger charge is 2.30. The third kappa shape index (κ3) is 3.81. The minimum absolute atomic E-state index is 0.0839. The number of primary amides is 1. The Morgan fingerprint density at radius 1 is 1.20 bits per heavy atom. The van der Waals surface area contributed by atoms with Crippen LogP contribution in [0.4, 0.5) is 0 Å². The number of ketones is 1. The average Bonchev–Trinajstić information content (AvgIpc) is 3.05. The number of hydrogen-bond donors (Lipinski definition) is 2. The van der Waals surface area contributed by atoms with Crippen molar-refractivity contribution in [2.24, 2.45) is 5.73 Å². The van der Waals surface area contributed by atoms with E-state index in [1.165, 1.54) is 6.07 Å². The minimum atomic E-state index is -1.62. The van der Waals surface area contributed by atoms with Crippen molar-refractivity contribution >= 4 is 40.2 Å². The fraction of sp³-hybridized carbons (Fsp3) is 0.227. The Bertz CT molecular complexity index is 1150. The fourth-order valence-electron chi connectivity index (χ4n) is 3.68. The zero-order valence-electron chi connectivity index (χ0n) is 16.5. The van der Waals surface area contributed by atoms with Gasteiger partial charge in [0.25, 0.3) is 11.7 Å². The quantitative estimate of drug-likeness (QED) is 0.341. The van der Waals surface area contributed by atoms with Crippen molar-refractivity contribution in [2.45, 2.75) is 26.0 Å². The van der Waals surface area contributed by atoms with Crippen LogP contribution in [0.2, 0.25) is 5.02 Å². The summed E-state index contributed by atoms with van der Waals surface area (Å²) in [4.78, 5) is 36.5. The third-order valence-corrected chi connectivity index (χ3v) is 5.20. The number of benzene rings is 2. The van der Waals surface area contributed by atoms with Gasteiger partial charge in [-0.25, -0.2) is 4.79 Å². The summed E-state index contributed by atoms with van der Waals surface area (Å²) in [5.74, 6) is -2.87. The molecule has 0 aliphatic heterocycles. The van der Waals surface area contributed by atoms with Crippen molar-refractivity contribution in [3.05, 3.63) is 69.9 Å². The molecule has 1 heterocycles. The van der Waals surface area contributed by atoms with Crippen LogP contribution in [0.3, 0.4) is 0 Å². The number of nitrogens with two attached hydrogens (primary N) is 1. The molecule has 0 saturated heterocycles. The Kier molecular flexibility index (Phi) is 6.24. The number of amides is 1. The molecule has 0 aliphatic carbocycles. The number of nitrogens with zero attached hydrogens (tertiary/aromatic N) is 1. The van der Waals surface area contributed by atoms with Gasteiger partial charge in [-0.3, -0.25) is 9.59 Å². The number of halogens is 1. The highest BCUT2D eigenvalue weighted by atomic mass is 35.5. The second kappa shape index (κ2) is 8.69. The van der Waals surface area contributed by atoms with Gasteiger partial charge in [0.2, 0.25) is 0 Å². The van der Waals surface area contributed by atoms with Gasteiger partial charge in [0.15, 0.2) is 6.10 Å². The summed E-state index contributed by atoms with van der Waals surface area (Å²) in [5.41, 5.74) is 7.59. The number of carbonyl (C=O) groups excluding carboxylic acids is 3. The maximum Gasteiger partial charge on any atom is 0.339 e. The summed E-state index contributed by atoms with van der Waals surface area (Å²) >= 11 is 6.11. The molecule has 7 nitrogen and oxygen atoms in total. The largest absolute Gasteiger partial charge is 0.467 e. The number of ether oxygens (including phenoxy) is 1. The Hall–Kier alpha value is -3.16. The van der Waals surface area contributed by atoms with Gasteiger partial charge >= 0.3 is 5.97 Å². The van der Waals surface area contributed by atoms with Gasteiger partial charge in [-0.2, -0.15) is 0 Å². The number of aromatic nitrogens is 1. The predicted octanol–water partition coefficient (Wildman–Crippen LogP) is 2.78. The molecule has 8 heteroatoms. The van der Waals surface area contributed by atoms with E-state index < -0.39 is 23.8 Å². The molecule has 0 bridgehead atoms. The van der Waals surface area contributed by atoms with Gasteiger partial charge in [-0.1, -0.05) is 42.8 Å². The number of aliphatic hydroxyl groups excluding tert-OH is 1. The highest BCUT2D eigenvalue weighted by molar-refractivity contribution is 6.45. The van der Waals surface area contributed by atoms with Crippen LogP contribution in [-0.2, 0) is 27.3 Å². The topological polar surface area (TPSA) is 112 Å². The van der Waals surface area contributed by atoms with Crippen LogP contribution in [0.25, 0.3) is 10.9 Å². The summed E-state index contributed by atoms with van der Waals surface area (Å²) in [6.07, 6.45) is -1.21. The van der Waals surface area contributed by atoms with Crippen LogP contribution in [0, 0.1) is 0 Å². The Morgan fingerprint density at radius 2 is 1.90 bits per heavy atom. The van der Waals surface area contributed by atoms with Crippen molar-refractivity contribution in [3.8, 4) is 0 Å². The molecule has 30 heavy (non-hydrogen) atoms. The lowest BCUT2D eigenvalue weighted by Crippen LogP contribution is -2.24. The van der Waals surface area contributed by atoms with Crippen molar-refractivity contribution in [3.63, 3.8) is 0 Å². The molecule has 3 rings (SSSR count). The number of methoxy groups -OCH3 is 1. The molecular formula is C22H21ClN2O5. The second-order valence-electron chi connectivity index (χ2n) is 6.75. The first kappa shape index (κ1) is 21.5. The molecule has 0 radical (unpaired) electrons. The van der Waals surface area contributed by atoms with Gasteiger partial charge in [0, 0.05) is 33.7 Å². The molecule has 0 saturated carbocycles. The molecule has 1 amide bonds. The smallest absolute Gasteiger partial charge is 0.339 e. The number of Topliss-reactive ketones (excluding diaryl/α,β-unsaturated/α-hetero) is 1. The molecule has 1 atom stereocenters. The summed E-state index contributed by atoms with van der Waals surface area (Å²) in [6.45, 7) is 2.21. The van der Waals surface area contributed by atoms with Gasteiger partial charge in [0.05, 0.1) is 12.7 Å². The molecule has 3 N–H and O–H groups in total. The summed E-state index contributed by atoms with van der Waals surface area (Å²) in [7, 11) is 1.16. The summed E-state index contributed by atoms with van der Waals surface area (Å²) in [6, 6.07) is 12.2. The molecular weight excluding hydrogens is 408 g/mol. The van der Waals surface area contributed by atoms with Crippen LogP contribution >= 0.6 is 11.6 Å². The van der Waals surface area contributed by atoms with Gasteiger partial charge < -0.3 is 20.1 Å². The van der Waals surface area contributed by atoms with Crippen molar-refractivity contribution < 1.29 is 24.2 Å². The van der Waals surface area contributed by atoms with Crippen LogP contribution in [-0.4, -0.2) is 34.4 Å². The van der Waals surface area contributed by atoms with Crippen molar-refractivity contribution in [2.75, 3.05) is 7.11 Å². The fourth-order valence-corrected chi connectivity index (χ4v) is 3.89. The average molecular weight is 429 g/mol. The van der Waals surface area contributed by atoms with Crippen LogP contribution in [0.15, 0.2) is 42.5 Å². The Balaban J connectivity index is 2.35. The second-order valence-corrected chi connectivity index (χ2v) is 7.19. The Labute approximate surface area is 178 Å². The lowest BCUT2D eigenvalue weighted by atomic mass is 9.97. The number of aliphatic hydroxyl groups is 1. The number of carbonyl (C=O) groups is 3. The minimum Gasteiger partial charge on any atom is -0.467 e. The number of fused-ring (bicyclic) bond motifs is 1.